The first-order valence-corrected chi connectivity index (χ1v) is 11.7. The van der Waals surface area contributed by atoms with E-state index in [0.717, 1.165) is 16.8 Å². The number of nitrogens with zero attached hydrogens (tertiary/aromatic N) is 3. The highest BCUT2D eigenvalue weighted by atomic mass is 79.9. The molecule has 0 aliphatic carbocycles. The third-order valence-electron chi connectivity index (χ3n) is 6.78. The number of ketones is 1. The van der Waals surface area contributed by atoms with Crippen LogP contribution in [-0.2, 0) is 0 Å². The molecule has 0 aromatic heterocycles. The second-order valence-electron chi connectivity index (χ2n) is 8.41. The van der Waals surface area contributed by atoms with Crippen LogP contribution in [0.15, 0.2) is 83.3 Å². The zero-order valence-corrected chi connectivity index (χ0v) is 19.9. The van der Waals surface area contributed by atoms with Crippen LogP contribution in [-0.4, -0.2) is 25.0 Å². The third kappa shape index (κ3) is 3.15. The van der Waals surface area contributed by atoms with Crippen LogP contribution in [0.3, 0.4) is 0 Å². The Morgan fingerprint density at radius 1 is 1.03 bits per heavy atom. The molecule has 2 heterocycles. The van der Waals surface area contributed by atoms with Gasteiger partial charge in [-0.25, -0.2) is 0 Å². The molecule has 6 heteroatoms. The molecule has 0 amide bonds. The fourth-order valence-electron chi connectivity index (χ4n) is 5.26. The summed E-state index contributed by atoms with van der Waals surface area (Å²) < 4.78 is 6.00. The van der Waals surface area contributed by atoms with Gasteiger partial charge in [-0.05, 0) is 51.3 Å². The van der Waals surface area contributed by atoms with Gasteiger partial charge < -0.3 is 9.64 Å². The van der Waals surface area contributed by atoms with Crippen LogP contribution in [0.1, 0.15) is 27.4 Å². The van der Waals surface area contributed by atoms with E-state index in [1.54, 1.807) is 25.3 Å². The van der Waals surface area contributed by atoms with E-state index < -0.39 is 23.4 Å². The number of carbonyl (C=O) groups excluding carboxylic acids is 1. The van der Waals surface area contributed by atoms with Crippen LogP contribution in [0.25, 0.3) is 6.08 Å². The van der Waals surface area contributed by atoms with E-state index in [-0.39, 0.29) is 5.78 Å². The molecule has 34 heavy (non-hydrogen) atoms. The van der Waals surface area contributed by atoms with Crippen molar-refractivity contribution in [3.05, 3.63) is 100 Å². The Morgan fingerprint density at radius 3 is 2.41 bits per heavy atom. The van der Waals surface area contributed by atoms with Gasteiger partial charge in [0.1, 0.15) is 11.8 Å². The maximum absolute atomic E-state index is 14.2. The van der Waals surface area contributed by atoms with Crippen LogP contribution in [0.2, 0.25) is 0 Å². The first kappa shape index (κ1) is 21.9. The summed E-state index contributed by atoms with van der Waals surface area (Å²) in [5, 5.41) is 20.9. The number of fused-ring (bicyclic) bond motifs is 3. The number of rotatable bonds is 4. The van der Waals surface area contributed by atoms with E-state index in [1.165, 1.54) is 0 Å². The second-order valence-corrected chi connectivity index (χ2v) is 9.26. The molecule has 3 atom stereocenters. The Bertz CT molecular complexity index is 1370. The normalized spacial score (nSPS) is 21.6. The highest BCUT2D eigenvalue weighted by Crippen LogP contribution is 2.55. The van der Waals surface area contributed by atoms with Gasteiger partial charge in [0.15, 0.2) is 11.2 Å². The molecule has 3 aromatic rings. The number of carbonyl (C=O) groups is 1. The van der Waals surface area contributed by atoms with E-state index in [0.29, 0.717) is 15.8 Å². The largest absolute Gasteiger partial charge is 0.496 e. The smallest absolute Gasteiger partial charge is 0.186 e. The van der Waals surface area contributed by atoms with E-state index in [4.69, 9.17) is 4.74 Å². The van der Waals surface area contributed by atoms with Crippen molar-refractivity contribution >= 4 is 33.5 Å². The number of anilines is 1. The number of para-hydroxylation sites is 1. The number of ether oxygens (including phenoxy) is 1. The van der Waals surface area contributed by atoms with Gasteiger partial charge in [0, 0.05) is 17.2 Å². The lowest BCUT2D eigenvalue weighted by Gasteiger charge is -2.35. The summed E-state index contributed by atoms with van der Waals surface area (Å²) in [6.07, 6.45) is 3.83. The van der Waals surface area contributed by atoms with E-state index in [9.17, 15) is 15.3 Å². The van der Waals surface area contributed by atoms with Crippen LogP contribution >= 0.6 is 15.9 Å². The topological polar surface area (TPSA) is 77.1 Å². The highest BCUT2D eigenvalue weighted by molar-refractivity contribution is 9.10. The minimum atomic E-state index is -1.45. The minimum absolute atomic E-state index is 0.153. The number of halogens is 1. The Labute approximate surface area is 206 Å². The van der Waals surface area contributed by atoms with Crippen molar-refractivity contribution in [2.75, 3.05) is 12.0 Å². The molecule has 5 rings (SSSR count). The fraction of sp³-hybridized carbons (Fsp3) is 0.179. The molecule has 0 spiro atoms. The van der Waals surface area contributed by atoms with Gasteiger partial charge in [0.2, 0.25) is 0 Å². The molecule has 0 saturated carbocycles. The molecule has 3 aromatic carbocycles. The monoisotopic (exact) mass is 509 g/mol. The molecular weight excluding hydrogens is 490 g/mol. The molecular formula is C28H20BrN3O2. The van der Waals surface area contributed by atoms with Crippen LogP contribution < -0.4 is 9.64 Å². The van der Waals surface area contributed by atoms with Crippen LogP contribution in [0.5, 0.6) is 5.75 Å². The molecule has 166 valence electrons. The van der Waals surface area contributed by atoms with E-state index in [1.807, 2.05) is 71.6 Å². The van der Waals surface area contributed by atoms with Gasteiger partial charge in [0.05, 0.1) is 29.8 Å². The maximum Gasteiger partial charge on any atom is 0.186 e. The summed E-state index contributed by atoms with van der Waals surface area (Å²) in [7, 11) is 1.57. The lowest BCUT2D eigenvalue weighted by molar-refractivity contribution is 0.0951. The van der Waals surface area contributed by atoms with Crippen LogP contribution in [0.4, 0.5) is 5.69 Å². The van der Waals surface area contributed by atoms with Gasteiger partial charge in [-0.2, -0.15) is 10.5 Å². The predicted octanol–water partition coefficient (Wildman–Crippen LogP) is 5.74. The van der Waals surface area contributed by atoms with Crippen molar-refractivity contribution in [1.29, 1.82) is 10.5 Å². The van der Waals surface area contributed by atoms with Crippen molar-refractivity contribution < 1.29 is 9.53 Å². The summed E-state index contributed by atoms with van der Waals surface area (Å²) in [6, 6.07) is 25.8. The number of hydrogen-bond acceptors (Lipinski definition) is 5. The van der Waals surface area contributed by atoms with Crippen molar-refractivity contribution in [3.63, 3.8) is 0 Å². The van der Waals surface area contributed by atoms with Crippen molar-refractivity contribution in [1.82, 2.24) is 0 Å². The Balaban J connectivity index is 1.76. The molecule has 1 saturated heterocycles. The van der Waals surface area contributed by atoms with Crippen LogP contribution in [0, 0.1) is 28.1 Å². The average molecular weight is 510 g/mol. The molecule has 0 radical (unpaired) electrons. The van der Waals surface area contributed by atoms with Gasteiger partial charge in [-0.3, -0.25) is 4.79 Å². The number of benzene rings is 3. The third-order valence-corrected chi connectivity index (χ3v) is 7.40. The van der Waals surface area contributed by atoms with E-state index in [2.05, 4.69) is 28.1 Å². The lowest BCUT2D eigenvalue weighted by Crippen LogP contribution is -2.44. The quantitative estimate of drug-likeness (QED) is 0.419. The first-order valence-electron chi connectivity index (χ1n) is 10.9. The molecule has 2 aliphatic heterocycles. The van der Waals surface area contributed by atoms with Gasteiger partial charge in [0.25, 0.3) is 0 Å². The number of methoxy groups -OCH3 is 1. The molecule has 0 N–H and O–H groups in total. The minimum Gasteiger partial charge on any atom is -0.496 e. The van der Waals surface area contributed by atoms with Gasteiger partial charge in [-0.15, -0.1) is 0 Å². The fourth-order valence-corrected chi connectivity index (χ4v) is 5.80. The zero-order chi connectivity index (χ0) is 23.9. The predicted molar refractivity (Wildman–Crippen MR) is 133 cm³/mol. The molecule has 2 aliphatic rings. The average Bonchev–Trinajstić information content (AvgIpc) is 3.19. The SMILES string of the molecule is COc1ccc(C(=O)[C@H]2[C@@H](c3ccccc3)C(C#N)(C#N)[C@H]3C=Cc4ccccc4N23)cc1Br. The van der Waals surface area contributed by atoms with Crippen molar-refractivity contribution in [3.8, 4) is 17.9 Å². The summed E-state index contributed by atoms with van der Waals surface area (Å²) in [5.74, 6) is -0.187. The Hall–Kier alpha value is -3.87. The summed E-state index contributed by atoms with van der Waals surface area (Å²) in [6.45, 7) is 0. The standard InChI is InChI=1S/C28H20BrN3O2/c1-34-23-13-11-20(15-21(23)29)27(33)26-25(19-8-3-2-4-9-19)28(16-30,17-31)24-14-12-18-7-5-6-10-22(18)32(24)26/h2-15,24-26H,1H3/t24-,25-,26-/m1/s1. The number of nitriles is 2. The molecule has 0 bridgehead atoms. The molecule has 1 fully saturated rings. The van der Waals surface area contributed by atoms with Crippen molar-refractivity contribution in [2.24, 2.45) is 5.41 Å². The molecule has 5 nitrogen and oxygen atoms in total. The summed E-state index contributed by atoms with van der Waals surface area (Å²) >= 11 is 3.48. The Morgan fingerprint density at radius 2 is 1.74 bits per heavy atom. The van der Waals surface area contributed by atoms with Crippen molar-refractivity contribution in [2.45, 2.75) is 18.0 Å². The lowest BCUT2D eigenvalue weighted by atomic mass is 9.69. The highest BCUT2D eigenvalue weighted by Gasteiger charge is 2.63. The van der Waals surface area contributed by atoms with Gasteiger partial charge in [-0.1, -0.05) is 60.7 Å². The zero-order valence-electron chi connectivity index (χ0n) is 18.4. The van der Waals surface area contributed by atoms with E-state index >= 15 is 0 Å². The molecule has 0 unspecified atom stereocenters. The number of hydrogen-bond donors (Lipinski definition) is 0. The maximum atomic E-state index is 14.2. The summed E-state index contributed by atoms with van der Waals surface area (Å²) in [4.78, 5) is 16.2. The first-order chi connectivity index (χ1) is 16.6. The second kappa shape index (κ2) is 8.48. The Kier molecular flexibility index (Phi) is 5.48. The van der Waals surface area contributed by atoms with Gasteiger partial charge >= 0.3 is 0 Å². The summed E-state index contributed by atoms with van der Waals surface area (Å²) in [5.41, 5.74) is 1.61. The number of Topliss-reactive ketones (excluding diaryl/α,β-unsaturated/α-hetero) is 1.